The number of hydrogen-bond donors (Lipinski definition) is 1. The van der Waals surface area contributed by atoms with Gasteiger partial charge in [-0.05, 0) is 44.2 Å². The van der Waals surface area contributed by atoms with Crippen LogP contribution in [0.1, 0.15) is 19.4 Å². The zero-order chi connectivity index (χ0) is 19.3. The van der Waals surface area contributed by atoms with E-state index in [-0.39, 0.29) is 14.9 Å². The van der Waals surface area contributed by atoms with Crippen molar-refractivity contribution in [2.75, 3.05) is 16.7 Å². The van der Waals surface area contributed by atoms with Crippen molar-refractivity contribution >= 4 is 50.7 Å². The molecule has 6 nitrogen and oxygen atoms in total. The number of amides is 1. The van der Waals surface area contributed by atoms with Gasteiger partial charge in [-0.3, -0.25) is 9.62 Å². The van der Waals surface area contributed by atoms with Crippen molar-refractivity contribution in [3.63, 3.8) is 0 Å². The molecule has 0 fully saturated rings. The second-order valence-electron chi connectivity index (χ2n) is 6.33. The van der Waals surface area contributed by atoms with Crippen LogP contribution in [0.3, 0.4) is 0 Å². The Bertz CT molecular complexity index is 1010. The van der Waals surface area contributed by atoms with Gasteiger partial charge in [-0.1, -0.05) is 29.3 Å². The van der Waals surface area contributed by atoms with E-state index >= 15 is 0 Å². The standard InChI is InChI=1S/C17H16Cl2N2O4S/c1-17(2)11-9-10(7-8-13(11)21(3)16(22)25-17)20-26(23,24)14-6-4-5-12(18)15(14)19/h4-9,20H,1-3H3. The van der Waals surface area contributed by atoms with Gasteiger partial charge < -0.3 is 4.74 Å². The number of cyclic esters (lactones) is 1. The predicted octanol–water partition coefficient (Wildman–Crippen LogP) is 4.62. The molecule has 1 aliphatic heterocycles. The Morgan fingerprint density at radius 3 is 2.54 bits per heavy atom. The highest BCUT2D eigenvalue weighted by molar-refractivity contribution is 7.92. The molecule has 0 atom stereocenters. The van der Waals surface area contributed by atoms with Gasteiger partial charge in [-0.2, -0.15) is 0 Å². The topological polar surface area (TPSA) is 75.7 Å². The van der Waals surface area contributed by atoms with E-state index in [2.05, 4.69) is 4.72 Å². The van der Waals surface area contributed by atoms with Crippen LogP contribution in [0.5, 0.6) is 0 Å². The third-order valence-electron chi connectivity index (χ3n) is 4.08. The summed E-state index contributed by atoms with van der Waals surface area (Å²) >= 11 is 11.9. The van der Waals surface area contributed by atoms with Gasteiger partial charge in [0, 0.05) is 18.3 Å². The second kappa shape index (κ2) is 6.33. The Hall–Kier alpha value is -1.96. The monoisotopic (exact) mass is 414 g/mol. The second-order valence-corrected chi connectivity index (χ2v) is 8.76. The molecule has 2 aromatic carbocycles. The summed E-state index contributed by atoms with van der Waals surface area (Å²) < 4.78 is 33.2. The number of benzene rings is 2. The van der Waals surface area contributed by atoms with E-state index in [0.717, 1.165) is 0 Å². The van der Waals surface area contributed by atoms with Gasteiger partial charge in [0.25, 0.3) is 10.0 Å². The number of anilines is 2. The van der Waals surface area contributed by atoms with Crippen molar-refractivity contribution in [1.29, 1.82) is 0 Å². The fourth-order valence-corrected chi connectivity index (χ4v) is 4.53. The first-order chi connectivity index (χ1) is 12.0. The fourth-order valence-electron chi connectivity index (χ4n) is 2.72. The molecule has 0 unspecified atom stereocenters. The lowest BCUT2D eigenvalue weighted by atomic mass is 9.94. The predicted molar refractivity (Wildman–Crippen MR) is 102 cm³/mol. The Morgan fingerprint density at radius 1 is 1.15 bits per heavy atom. The number of sulfonamides is 1. The quantitative estimate of drug-likeness (QED) is 0.794. The van der Waals surface area contributed by atoms with Crippen LogP contribution in [0.4, 0.5) is 16.2 Å². The lowest BCUT2D eigenvalue weighted by molar-refractivity contribution is 0.0362. The van der Waals surface area contributed by atoms with Gasteiger partial charge in [0.15, 0.2) is 0 Å². The summed E-state index contributed by atoms with van der Waals surface area (Å²) in [6.07, 6.45) is -0.471. The smallest absolute Gasteiger partial charge is 0.414 e. The van der Waals surface area contributed by atoms with E-state index < -0.39 is 21.7 Å². The molecule has 9 heteroatoms. The van der Waals surface area contributed by atoms with Crippen LogP contribution in [0.2, 0.25) is 10.0 Å². The summed E-state index contributed by atoms with van der Waals surface area (Å²) in [6, 6.07) is 9.25. The van der Waals surface area contributed by atoms with E-state index in [1.807, 2.05) is 0 Å². The molecule has 138 valence electrons. The number of halogens is 2. The number of nitrogens with zero attached hydrogens (tertiary/aromatic N) is 1. The maximum atomic E-state index is 12.7. The Kier molecular flexibility index (Phi) is 4.58. The van der Waals surface area contributed by atoms with Crippen LogP contribution in [0.25, 0.3) is 0 Å². The van der Waals surface area contributed by atoms with E-state index in [1.54, 1.807) is 39.1 Å². The molecule has 0 saturated heterocycles. The fraction of sp³-hybridized carbons (Fsp3) is 0.235. The van der Waals surface area contributed by atoms with Gasteiger partial charge in [0.2, 0.25) is 0 Å². The van der Waals surface area contributed by atoms with Crippen LogP contribution < -0.4 is 9.62 Å². The van der Waals surface area contributed by atoms with Crippen molar-refractivity contribution in [2.45, 2.75) is 24.3 Å². The minimum absolute atomic E-state index is 0.0476. The lowest BCUT2D eigenvalue weighted by Crippen LogP contribution is -2.41. The Labute approximate surface area is 161 Å². The van der Waals surface area contributed by atoms with Gasteiger partial charge >= 0.3 is 6.09 Å². The SMILES string of the molecule is CN1C(=O)OC(C)(C)c2cc(NS(=O)(=O)c3cccc(Cl)c3Cl)ccc21. The van der Waals surface area contributed by atoms with Crippen LogP contribution in [0.15, 0.2) is 41.3 Å². The van der Waals surface area contributed by atoms with Gasteiger partial charge in [0.1, 0.15) is 10.5 Å². The summed E-state index contributed by atoms with van der Waals surface area (Å²) in [6.45, 7) is 3.48. The number of hydrogen-bond acceptors (Lipinski definition) is 4. The Balaban J connectivity index is 2.02. The minimum Gasteiger partial charge on any atom is -0.438 e. The molecule has 1 N–H and O–H groups in total. The van der Waals surface area contributed by atoms with Crippen molar-refractivity contribution in [3.8, 4) is 0 Å². The molecule has 1 amide bonds. The van der Waals surface area contributed by atoms with Crippen molar-refractivity contribution in [1.82, 2.24) is 0 Å². The molecule has 0 aliphatic carbocycles. The number of nitrogens with one attached hydrogen (secondary N) is 1. The number of ether oxygens (including phenoxy) is 1. The van der Waals surface area contributed by atoms with Gasteiger partial charge in [-0.15, -0.1) is 0 Å². The summed E-state index contributed by atoms with van der Waals surface area (Å²) in [5.41, 5.74) is 0.750. The third-order valence-corrected chi connectivity index (χ3v) is 6.44. The van der Waals surface area contributed by atoms with Crippen LogP contribution in [-0.4, -0.2) is 21.6 Å². The average Bonchev–Trinajstić information content (AvgIpc) is 2.54. The number of carbonyl (C=O) groups excluding carboxylic acids is 1. The van der Waals surface area contributed by atoms with Crippen molar-refractivity contribution < 1.29 is 17.9 Å². The summed E-state index contributed by atoms with van der Waals surface area (Å²) in [7, 11) is -2.35. The van der Waals surface area contributed by atoms with Gasteiger partial charge in [-0.25, -0.2) is 13.2 Å². The highest BCUT2D eigenvalue weighted by Gasteiger charge is 2.37. The largest absolute Gasteiger partial charge is 0.438 e. The van der Waals surface area contributed by atoms with E-state index in [1.165, 1.54) is 23.1 Å². The molecule has 2 aromatic rings. The summed E-state index contributed by atoms with van der Waals surface area (Å²) in [4.78, 5) is 13.2. The molecule has 0 spiro atoms. The zero-order valence-electron chi connectivity index (χ0n) is 14.2. The van der Waals surface area contributed by atoms with Crippen molar-refractivity contribution in [2.24, 2.45) is 0 Å². The van der Waals surface area contributed by atoms with Crippen LogP contribution in [0, 0.1) is 0 Å². The van der Waals surface area contributed by atoms with Crippen molar-refractivity contribution in [3.05, 3.63) is 52.0 Å². The molecule has 0 aromatic heterocycles. The molecule has 3 rings (SSSR count). The molecular weight excluding hydrogens is 399 g/mol. The summed E-state index contributed by atoms with van der Waals surface area (Å²) in [5.74, 6) is 0. The number of fused-ring (bicyclic) bond motifs is 1. The maximum Gasteiger partial charge on any atom is 0.414 e. The first-order valence-corrected chi connectivity index (χ1v) is 9.85. The number of carbonyl (C=O) groups is 1. The molecule has 26 heavy (non-hydrogen) atoms. The highest BCUT2D eigenvalue weighted by Crippen LogP contribution is 2.40. The molecule has 1 aliphatic rings. The molecule has 0 saturated carbocycles. The Morgan fingerprint density at radius 2 is 1.85 bits per heavy atom. The van der Waals surface area contributed by atoms with E-state index in [4.69, 9.17) is 27.9 Å². The zero-order valence-corrected chi connectivity index (χ0v) is 16.5. The molecule has 0 bridgehead atoms. The van der Waals surface area contributed by atoms with E-state index in [9.17, 15) is 13.2 Å². The van der Waals surface area contributed by atoms with Crippen LogP contribution in [-0.2, 0) is 20.4 Å². The first kappa shape index (κ1) is 18.8. The minimum atomic E-state index is -3.94. The lowest BCUT2D eigenvalue weighted by Gasteiger charge is -2.37. The van der Waals surface area contributed by atoms with E-state index in [0.29, 0.717) is 16.9 Å². The molecular formula is C17H16Cl2N2O4S. The van der Waals surface area contributed by atoms with Crippen LogP contribution >= 0.6 is 23.2 Å². The number of rotatable bonds is 3. The summed E-state index contributed by atoms with van der Waals surface area (Å²) in [5, 5.41) is 0.100. The molecule has 0 radical (unpaired) electrons. The first-order valence-electron chi connectivity index (χ1n) is 7.61. The normalized spacial score (nSPS) is 16.0. The molecule has 1 heterocycles. The van der Waals surface area contributed by atoms with Gasteiger partial charge in [0.05, 0.1) is 15.7 Å². The highest BCUT2D eigenvalue weighted by atomic mass is 35.5. The third kappa shape index (κ3) is 3.22. The maximum absolute atomic E-state index is 12.7. The average molecular weight is 415 g/mol.